The van der Waals surface area contributed by atoms with E-state index in [-0.39, 0.29) is 11.4 Å². The van der Waals surface area contributed by atoms with E-state index >= 15 is 0 Å². The van der Waals surface area contributed by atoms with E-state index < -0.39 is 0 Å². The number of carbonyl (C=O) groups is 1. The van der Waals surface area contributed by atoms with Gasteiger partial charge >= 0.3 is 0 Å². The highest BCUT2D eigenvalue weighted by Crippen LogP contribution is 2.18. The minimum absolute atomic E-state index is 0.0980. The van der Waals surface area contributed by atoms with Crippen LogP contribution in [0.2, 0.25) is 0 Å². The fourth-order valence-corrected chi connectivity index (χ4v) is 2.92. The Morgan fingerprint density at radius 2 is 2.09 bits per heavy atom. The van der Waals surface area contributed by atoms with Crippen LogP contribution in [0.25, 0.3) is 11.1 Å². The second kappa shape index (κ2) is 6.29. The molecule has 1 aromatic carbocycles. The molecule has 0 radical (unpaired) electrons. The highest BCUT2D eigenvalue weighted by molar-refractivity contribution is 5.97. The third-order valence-corrected chi connectivity index (χ3v) is 3.93. The summed E-state index contributed by atoms with van der Waals surface area (Å²) in [5.41, 5.74) is 1.68. The molecule has 1 fully saturated rings. The minimum Gasteiger partial charge on any atom is -0.441 e. The first-order valence-electron chi connectivity index (χ1n) is 7.93. The number of nitrogens with zero attached hydrogens (tertiary/aromatic N) is 2. The molecule has 1 saturated heterocycles. The molecule has 0 saturated carbocycles. The molecule has 0 bridgehead atoms. The van der Waals surface area contributed by atoms with Crippen molar-refractivity contribution < 1.29 is 13.9 Å². The molecule has 124 valence electrons. The number of nitrogens with one attached hydrogen (secondary N) is 1. The maximum Gasteiger partial charge on any atom is 0.251 e. The van der Waals surface area contributed by atoms with Crippen molar-refractivity contribution in [1.82, 2.24) is 15.2 Å². The lowest BCUT2D eigenvalue weighted by Gasteiger charge is -2.35. The Labute approximate surface area is 135 Å². The molecule has 1 aliphatic rings. The van der Waals surface area contributed by atoms with Gasteiger partial charge in [-0.15, -0.1) is 0 Å². The number of hydrogen-bond acceptors (Lipinski definition) is 5. The summed E-state index contributed by atoms with van der Waals surface area (Å²) in [5.74, 6) is 0.504. The van der Waals surface area contributed by atoms with Crippen LogP contribution >= 0.6 is 0 Å². The van der Waals surface area contributed by atoms with Gasteiger partial charge in [-0.1, -0.05) is 0 Å². The molecule has 23 heavy (non-hydrogen) atoms. The Morgan fingerprint density at radius 1 is 1.35 bits per heavy atom. The van der Waals surface area contributed by atoms with E-state index in [1.165, 1.54) is 0 Å². The molecule has 1 amide bonds. The summed E-state index contributed by atoms with van der Waals surface area (Å²) in [5, 5.41) is 3.11. The second-order valence-corrected chi connectivity index (χ2v) is 6.64. The number of morpholine rings is 1. The topological polar surface area (TPSA) is 67.6 Å². The summed E-state index contributed by atoms with van der Waals surface area (Å²) < 4.78 is 10.9. The van der Waals surface area contributed by atoms with Gasteiger partial charge in [0.1, 0.15) is 5.52 Å². The lowest BCUT2D eigenvalue weighted by molar-refractivity contribution is 0.0269. The van der Waals surface area contributed by atoms with E-state index in [1.54, 1.807) is 19.1 Å². The van der Waals surface area contributed by atoms with Gasteiger partial charge < -0.3 is 14.5 Å². The highest BCUT2D eigenvalue weighted by Gasteiger charge is 2.25. The number of rotatable bonds is 4. The van der Waals surface area contributed by atoms with Crippen LogP contribution in [0.1, 0.15) is 30.1 Å². The molecule has 2 aromatic rings. The quantitative estimate of drug-likeness (QED) is 0.934. The number of benzene rings is 1. The summed E-state index contributed by atoms with van der Waals surface area (Å²) in [4.78, 5) is 19.1. The molecule has 6 heteroatoms. The van der Waals surface area contributed by atoms with Crippen LogP contribution < -0.4 is 5.32 Å². The molecule has 6 nitrogen and oxygen atoms in total. The van der Waals surface area contributed by atoms with Crippen LogP contribution in [0.4, 0.5) is 0 Å². The van der Waals surface area contributed by atoms with E-state index in [0.29, 0.717) is 17.0 Å². The van der Waals surface area contributed by atoms with Gasteiger partial charge in [0.2, 0.25) is 0 Å². The van der Waals surface area contributed by atoms with E-state index in [9.17, 15) is 4.79 Å². The smallest absolute Gasteiger partial charge is 0.251 e. The van der Waals surface area contributed by atoms with Crippen LogP contribution in [0.5, 0.6) is 0 Å². The molecule has 0 spiro atoms. The zero-order valence-corrected chi connectivity index (χ0v) is 13.9. The molecule has 0 aliphatic carbocycles. The first-order valence-corrected chi connectivity index (χ1v) is 7.93. The number of carbonyl (C=O) groups excluding carboxylic acids is 1. The van der Waals surface area contributed by atoms with Gasteiger partial charge in [0.25, 0.3) is 5.91 Å². The minimum atomic E-state index is -0.319. The number of aryl methyl sites for hydroxylation is 1. The second-order valence-electron chi connectivity index (χ2n) is 6.64. The summed E-state index contributed by atoms with van der Waals surface area (Å²) in [7, 11) is 0. The Bertz CT molecular complexity index is 702. The monoisotopic (exact) mass is 317 g/mol. The maximum atomic E-state index is 12.5. The summed E-state index contributed by atoms with van der Waals surface area (Å²) >= 11 is 0. The third-order valence-electron chi connectivity index (χ3n) is 3.93. The summed E-state index contributed by atoms with van der Waals surface area (Å²) in [6.07, 6.45) is 0. The van der Waals surface area contributed by atoms with Gasteiger partial charge in [0.05, 0.1) is 13.2 Å². The Balaban J connectivity index is 1.68. The van der Waals surface area contributed by atoms with Gasteiger partial charge in [0.15, 0.2) is 11.5 Å². The highest BCUT2D eigenvalue weighted by atomic mass is 16.5. The number of oxazole rings is 1. The van der Waals surface area contributed by atoms with Crippen LogP contribution in [-0.2, 0) is 4.74 Å². The predicted molar refractivity (Wildman–Crippen MR) is 87.6 cm³/mol. The molecule has 1 aromatic heterocycles. The average molecular weight is 317 g/mol. The normalized spacial score (nSPS) is 16.7. The number of hydrogen-bond donors (Lipinski definition) is 1. The number of amides is 1. The van der Waals surface area contributed by atoms with E-state index in [2.05, 4.69) is 15.2 Å². The van der Waals surface area contributed by atoms with E-state index in [4.69, 9.17) is 9.15 Å². The Morgan fingerprint density at radius 3 is 2.83 bits per heavy atom. The molecule has 1 aliphatic heterocycles. The van der Waals surface area contributed by atoms with Crippen molar-refractivity contribution in [1.29, 1.82) is 0 Å². The Hall–Kier alpha value is -1.92. The first-order chi connectivity index (χ1) is 10.9. The SMILES string of the molecule is Cc1nc2ccc(C(=O)NC(C)(C)CN3CCOCC3)cc2o1. The third kappa shape index (κ3) is 3.89. The lowest BCUT2D eigenvalue weighted by Crippen LogP contribution is -2.53. The molecule has 3 rings (SSSR count). The molecule has 0 unspecified atom stereocenters. The fraction of sp³-hybridized carbons (Fsp3) is 0.529. The fourth-order valence-electron chi connectivity index (χ4n) is 2.92. The summed E-state index contributed by atoms with van der Waals surface area (Å²) in [6, 6.07) is 5.34. The van der Waals surface area contributed by atoms with Gasteiger partial charge in [-0.2, -0.15) is 0 Å². The van der Waals surface area contributed by atoms with Gasteiger partial charge in [-0.25, -0.2) is 4.98 Å². The predicted octanol–water partition coefficient (Wildman–Crippen LogP) is 1.98. The maximum absolute atomic E-state index is 12.5. The van der Waals surface area contributed by atoms with Crippen LogP contribution in [0, 0.1) is 6.92 Å². The molecular weight excluding hydrogens is 294 g/mol. The number of aromatic nitrogens is 1. The van der Waals surface area contributed by atoms with Gasteiger partial charge in [0, 0.05) is 37.7 Å². The van der Waals surface area contributed by atoms with Crippen molar-refractivity contribution in [2.75, 3.05) is 32.8 Å². The van der Waals surface area contributed by atoms with Crippen molar-refractivity contribution in [3.05, 3.63) is 29.7 Å². The van der Waals surface area contributed by atoms with Crippen LogP contribution in [0.3, 0.4) is 0 Å². The number of fused-ring (bicyclic) bond motifs is 1. The van der Waals surface area contributed by atoms with Gasteiger partial charge in [-0.05, 0) is 32.0 Å². The van der Waals surface area contributed by atoms with Crippen molar-refractivity contribution in [2.24, 2.45) is 0 Å². The number of ether oxygens (including phenoxy) is 1. The Kier molecular flexibility index (Phi) is 4.37. The van der Waals surface area contributed by atoms with Crippen molar-refractivity contribution in [2.45, 2.75) is 26.3 Å². The molecule has 0 atom stereocenters. The zero-order valence-electron chi connectivity index (χ0n) is 13.9. The van der Waals surface area contributed by atoms with Crippen LogP contribution in [0.15, 0.2) is 22.6 Å². The standard InChI is InChI=1S/C17H23N3O3/c1-12-18-14-5-4-13(10-15(14)23-12)16(21)19-17(2,3)11-20-6-8-22-9-7-20/h4-5,10H,6-9,11H2,1-3H3,(H,19,21). The van der Waals surface area contributed by atoms with Crippen LogP contribution in [-0.4, -0.2) is 54.2 Å². The van der Waals surface area contributed by atoms with Gasteiger partial charge in [-0.3, -0.25) is 9.69 Å². The molecular formula is C17H23N3O3. The largest absolute Gasteiger partial charge is 0.441 e. The average Bonchev–Trinajstić information content (AvgIpc) is 2.86. The van der Waals surface area contributed by atoms with Crippen molar-refractivity contribution in [3.63, 3.8) is 0 Å². The zero-order chi connectivity index (χ0) is 16.4. The van der Waals surface area contributed by atoms with Crippen molar-refractivity contribution >= 4 is 17.0 Å². The van der Waals surface area contributed by atoms with E-state index in [0.717, 1.165) is 38.4 Å². The molecule has 2 heterocycles. The van der Waals surface area contributed by atoms with E-state index in [1.807, 2.05) is 19.9 Å². The lowest BCUT2D eigenvalue weighted by atomic mass is 10.0. The first kappa shape index (κ1) is 16.0. The van der Waals surface area contributed by atoms with Crippen molar-refractivity contribution in [3.8, 4) is 0 Å². The summed E-state index contributed by atoms with van der Waals surface area (Å²) in [6.45, 7) is 9.99. The molecule has 1 N–H and O–H groups in total.